The number of hydrogen-bond acceptors (Lipinski definition) is 3. The highest BCUT2D eigenvalue weighted by atomic mass is 35.5. The van der Waals surface area contributed by atoms with Crippen LogP contribution in [0.15, 0.2) is 18.2 Å². The summed E-state index contributed by atoms with van der Waals surface area (Å²) < 4.78 is 5.19. The summed E-state index contributed by atoms with van der Waals surface area (Å²) in [4.78, 5) is 11.6. The quantitative estimate of drug-likeness (QED) is 0.749. The van der Waals surface area contributed by atoms with Crippen molar-refractivity contribution < 1.29 is 14.6 Å². The fraction of sp³-hybridized carbons (Fsp3) is 0.500. The van der Waals surface area contributed by atoms with Gasteiger partial charge in [-0.2, -0.15) is 0 Å². The van der Waals surface area contributed by atoms with Crippen LogP contribution < -0.4 is 10.6 Å². The molecule has 7 heteroatoms. The number of aliphatic hydroxyl groups is 1. The number of rotatable bonds is 6. The van der Waals surface area contributed by atoms with Gasteiger partial charge in [-0.15, -0.1) is 0 Å². The van der Waals surface area contributed by atoms with Crippen molar-refractivity contribution in [3.8, 4) is 0 Å². The van der Waals surface area contributed by atoms with E-state index in [1.54, 1.807) is 25.3 Å². The third-order valence-corrected chi connectivity index (χ3v) is 3.57. The highest BCUT2D eigenvalue weighted by Crippen LogP contribution is 2.25. The molecule has 0 aliphatic rings. The molecule has 1 aromatic carbocycles. The SMILES string of the molecule is COC(C)(C)CNC(=O)NCC(O)c1ccc(Cl)cc1Cl. The molecular formula is C14H20Cl2N2O3. The summed E-state index contributed by atoms with van der Waals surface area (Å²) in [6.45, 7) is 4.11. The molecule has 118 valence electrons. The molecule has 0 spiro atoms. The molecule has 1 unspecified atom stereocenters. The Balaban J connectivity index is 2.45. The summed E-state index contributed by atoms with van der Waals surface area (Å²) in [5, 5.41) is 16.1. The van der Waals surface area contributed by atoms with Gasteiger partial charge in [-0.05, 0) is 26.0 Å². The van der Waals surface area contributed by atoms with E-state index in [2.05, 4.69) is 10.6 Å². The van der Waals surface area contributed by atoms with E-state index in [0.717, 1.165) is 0 Å². The van der Waals surface area contributed by atoms with Gasteiger partial charge in [0.1, 0.15) is 0 Å². The maximum absolute atomic E-state index is 11.6. The van der Waals surface area contributed by atoms with Crippen LogP contribution in [-0.4, -0.2) is 36.9 Å². The number of amides is 2. The number of benzene rings is 1. The molecule has 0 fully saturated rings. The molecule has 5 nitrogen and oxygen atoms in total. The number of carbonyl (C=O) groups is 1. The van der Waals surface area contributed by atoms with E-state index in [9.17, 15) is 9.90 Å². The van der Waals surface area contributed by atoms with Crippen LogP contribution in [0.2, 0.25) is 10.0 Å². The number of carbonyl (C=O) groups excluding carboxylic acids is 1. The minimum absolute atomic E-state index is 0.0423. The van der Waals surface area contributed by atoms with Crippen LogP contribution in [0.3, 0.4) is 0 Å². The average molecular weight is 335 g/mol. The van der Waals surface area contributed by atoms with Crippen LogP contribution in [0.25, 0.3) is 0 Å². The van der Waals surface area contributed by atoms with Crippen molar-refractivity contribution in [2.45, 2.75) is 25.6 Å². The van der Waals surface area contributed by atoms with Crippen LogP contribution in [-0.2, 0) is 4.74 Å². The molecule has 0 aliphatic heterocycles. The van der Waals surface area contributed by atoms with Crippen molar-refractivity contribution >= 4 is 29.2 Å². The van der Waals surface area contributed by atoms with E-state index in [4.69, 9.17) is 27.9 Å². The standard InChI is InChI=1S/C14H20Cl2N2O3/c1-14(2,21-3)8-18-13(20)17-7-12(19)10-5-4-9(15)6-11(10)16/h4-6,12,19H,7-8H2,1-3H3,(H2,17,18,20). The topological polar surface area (TPSA) is 70.6 Å². The zero-order chi connectivity index (χ0) is 16.0. The van der Waals surface area contributed by atoms with Gasteiger partial charge in [-0.25, -0.2) is 4.79 Å². The molecule has 0 aliphatic carbocycles. The van der Waals surface area contributed by atoms with E-state index >= 15 is 0 Å². The third kappa shape index (κ3) is 6.09. The molecule has 2 amide bonds. The van der Waals surface area contributed by atoms with Crippen LogP contribution in [0.5, 0.6) is 0 Å². The monoisotopic (exact) mass is 334 g/mol. The minimum atomic E-state index is -0.907. The van der Waals surface area contributed by atoms with Crippen molar-refractivity contribution in [1.29, 1.82) is 0 Å². The highest BCUT2D eigenvalue weighted by molar-refractivity contribution is 6.35. The lowest BCUT2D eigenvalue weighted by molar-refractivity contribution is 0.0253. The van der Waals surface area contributed by atoms with E-state index in [1.807, 2.05) is 13.8 Å². The second-order valence-electron chi connectivity index (χ2n) is 5.21. The molecule has 0 radical (unpaired) electrons. The highest BCUT2D eigenvalue weighted by Gasteiger charge is 2.18. The predicted molar refractivity (Wildman–Crippen MR) is 83.9 cm³/mol. The Morgan fingerprint density at radius 3 is 2.62 bits per heavy atom. The molecule has 0 saturated heterocycles. The Bertz CT molecular complexity index is 495. The zero-order valence-electron chi connectivity index (χ0n) is 12.2. The van der Waals surface area contributed by atoms with Crippen LogP contribution in [0.1, 0.15) is 25.5 Å². The van der Waals surface area contributed by atoms with E-state index < -0.39 is 11.7 Å². The number of methoxy groups -OCH3 is 1. The average Bonchev–Trinajstić information content (AvgIpc) is 2.42. The second-order valence-corrected chi connectivity index (χ2v) is 6.05. The largest absolute Gasteiger partial charge is 0.387 e. The molecule has 1 atom stereocenters. The van der Waals surface area contributed by atoms with Gasteiger partial charge >= 0.3 is 6.03 Å². The van der Waals surface area contributed by atoms with Crippen LogP contribution in [0, 0.1) is 0 Å². The van der Waals surface area contributed by atoms with Crippen molar-refractivity contribution in [3.05, 3.63) is 33.8 Å². The Hall–Kier alpha value is -1.01. The van der Waals surface area contributed by atoms with E-state index in [-0.39, 0.29) is 12.6 Å². The smallest absolute Gasteiger partial charge is 0.314 e. The Morgan fingerprint density at radius 2 is 2.05 bits per heavy atom. The van der Waals surface area contributed by atoms with E-state index in [0.29, 0.717) is 22.2 Å². The van der Waals surface area contributed by atoms with Gasteiger partial charge in [0.25, 0.3) is 0 Å². The van der Waals surface area contributed by atoms with Gasteiger partial charge in [0.05, 0.1) is 11.7 Å². The zero-order valence-corrected chi connectivity index (χ0v) is 13.8. The first-order valence-electron chi connectivity index (χ1n) is 6.45. The molecule has 0 aromatic heterocycles. The van der Waals surface area contributed by atoms with Gasteiger partial charge in [-0.1, -0.05) is 29.3 Å². The maximum atomic E-state index is 11.6. The minimum Gasteiger partial charge on any atom is -0.387 e. The van der Waals surface area contributed by atoms with Crippen molar-refractivity contribution in [3.63, 3.8) is 0 Å². The molecule has 0 bridgehead atoms. The predicted octanol–water partition coefficient (Wildman–Crippen LogP) is 2.75. The number of urea groups is 1. The van der Waals surface area contributed by atoms with E-state index in [1.165, 1.54) is 0 Å². The van der Waals surface area contributed by atoms with Crippen molar-refractivity contribution in [2.75, 3.05) is 20.2 Å². The Labute approximate surface area is 134 Å². The molecule has 0 saturated carbocycles. The fourth-order valence-electron chi connectivity index (χ4n) is 1.50. The second kappa shape index (κ2) is 7.84. The Kier molecular flexibility index (Phi) is 6.74. The number of nitrogens with one attached hydrogen (secondary N) is 2. The summed E-state index contributed by atoms with van der Waals surface area (Å²) in [7, 11) is 1.58. The van der Waals surface area contributed by atoms with Crippen molar-refractivity contribution in [2.24, 2.45) is 0 Å². The van der Waals surface area contributed by atoms with Gasteiger partial charge in [-0.3, -0.25) is 0 Å². The lowest BCUT2D eigenvalue weighted by Gasteiger charge is -2.23. The van der Waals surface area contributed by atoms with Crippen LogP contribution in [0.4, 0.5) is 4.79 Å². The first-order chi connectivity index (χ1) is 9.75. The van der Waals surface area contributed by atoms with Gasteiger partial charge in [0.15, 0.2) is 0 Å². The Morgan fingerprint density at radius 1 is 1.38 bits per heavy atom. The number of aliphatic hydroxyl groups excluding tert-OH is 1. The first-order valence-corrected chi connectivity index (χ1v) is 7.20. The summed E-state index contributed by atoms with van der Waals surface area (Å²) in [6.07, 6.45) is -0.907. The normalized spacial score (nSPS) is 12.9. The summed E-state index contributed by atoms with van der Waals surface area (Å²) in [5.41, 5.74) is 0.0636. The summed E-state index contributed by atoms with van der Waals surface area (Å²) >= 11 is 11.8. The van der Waals surface area contributed by atoms with Gasteiger partial charge in [0.2, 0.25) is 0 Å². The molecule has 1 aromatic rings. The van der Waals surface area contributed by atoms with Crippen molar-refractivity contribution in [1.82, 2.24) is 10.6 Å². The number of halogens is 2. The lowest BCUT2D eigenvalue weighted by Crippen LogP contribution is -2.45. The summed E-state index contributed by atoms with van der Waals surface area (Å²) in [6, 6.07) is 4.42. The third-order valence-electron chi connectivity index (χ3n) is 3.00. The number of ether oxygens (including phenoxy) is 1. The molecule has 0 heterocycles. The molecule has 21 heavy (non-hydrogen) atoms. The molecule has 3 N–H and O–H groups in total. The van der Waals surface area contributed by atoms with Gasteiger partial charge < -0.3 is 20.5 Å². The molecular weight excluding hydrogens is 315 g/mol. The molecule has 1 rings (SSSR count). The van der Waals surface area contributed by atoms with Crippen LogP contribution >= 0.6 is 23.2 Å². The van der Waals surface area contributed by atoms with Gasteiger partial charge in [0, 0.05) is 35.8 Å². The maximum Gasteiger partial charge on any atom is 0.314 e. The first kappa shape index (κ1) is 18.0. The fourth-order valence-corrected chi connectivity index (χ4v) is 2.03. The number of hydrogen-bond donors (Lipinski definition) is 3. The summed E-state index contributed by atoms with van der Waals surface area (Å²) in [5.74, 6) is 0. The lowest BCUT2D eigenvalue weighted by atomic mass is 10.1.